The predicted molar refractivity (Wildman–Crippen MR) is 74.6 cm³/mol. The molecule has 2 rings (SSSR count). The van der Waals surface area contributed by atoms with Gasteiger partial charge in [-0.3, -0.25) is 4.90 Å². The van der Waals surface area contributed by atoms with E-state index in [4.69, 9.17) is 10.5 Å². The van der Waals surface area contributed by atoms with Crippen LogP contribution in [-0.4, -0.2) is 38.8 Å². The molecule has 1 aromatic rings. The van der Waals surface area contributed by atoms with Crippen LogP contribution >= 0.6 is 0 Å². The van der Waals surface area contributed by atoms with Gasteiger partial charge in [-0.05, 0) is 43.5 Å². The smallest absolute Gasteiger partial charge is 0.0502 e. The largest absolute Gasteiger partial charge is 0.384 e. The molecule has 100 valence electrons. The molecule has 3 nitrogen and oxygen atoms in total. The highest BCUT2D eigenvalue weighted by Gasteiger charge is 2.29. The molecular formula is C15H24N2O. The van der Waals surface area contributed by atoms with Crippen molar-refractivity contribution in [1.29, 1.82) is 0 Å². The van der Waals surface area contributed by atoms with Crippen LogP contribution in [0.3, 0.4) is 0 Å². The van der Waals surface area contributed by atoms with Gasteiger partial charge in [-0.1, -0.05) is 24.3 Å². The number of hydrogen-bond donors (Lipinski definition) is 1. The average Bonchev–Trinajstić information content (AvgIpc) is 2.78. The van der Waals surface area contributed by atoms with Crippen molar-refractivity contribution in [1.82, 2.24) is 4.90 Å². The van der Waals surface area contributed by atoms with E-state index in [1.807, 2.05) is 0 Å². The summed E-state index contributed by atoms with van der Waals surface area (Å²) in [5, 5.41) is 0. The van der Waals surface area contributed by atoms with Crippen molar-refractivity contribution in [2.24, 2.45) is 11.7 Å². The summed E-state index contributed by atoms with van der Waals surface area (Å²) in [6, 6.07) is 9.41. The molecule has 0 bridgehead atoms. The first-order valence-corrected chi connectivity index (χ1v) is 6.72. The van der Waals surface area contributed by atoms with Crippen LogP contribution in [0.25, 0.3) is 0 Å². The zero-order chi connectivity index (χ0) is 13.0. The van der Waals surface area contributed by atoms with Crippen molar-refractivity contribution in [3.05, 3.63) is 35.4 Å². The van der Waals surface area contributed by atoms with Gasteiger partial charge in [0.2, 0.25) is 0 Å². The zero-order valence-corrected chi connectivity index (χ0v) is 11.4. The molecule has 1 saturated heterocycles. The molecule has 0 aliphatic carbocycles. The first-order valence-electron chi connectivity index (χ1n) is 6.72. The summed E-state index contributed by atoms with van der Waals surface area (Å²) in [7, 11) is 3.95. The monoisotopic (exact) mass is 248 g/mol. The lowest BCUT2D eigenvalue weighted by Gasteiger charge is -2.20. The molecule has 0 radical (unpaired) electrons. The number of benzene rings is 1. The van der Waals surface area contributed by atoms with Crippen LogP contribution in [0.4, 0.5) is 0 Å². The van der Waals surface area contributed by atoms with Crippen LogP contribution in [0.5, 0.6) is 0 Å². The summed E-state index contributed by atoms with van der Waals surface area (Å²) in [5.41, 5.74) is 8.57. The Bertz CT molecular complexity index is 381. The molecule has 1 heterocycles. The van der Waals surface area contributed by atoms with Gasteiger partial charge < -0.3 is 10.5 Å². The molecule has 2 unspecified atom stereocenters. The van der Waals surface area contributed by atoms with Crippen molar-refractivity contribution in [3.63, 3.8) is 0 Å². The van der Waals surface area contributed by atoms with Crippen molar-refractivity contribution < 1.29 is 4.74 Å². The summed E-state index contributed by atoms with van der Waals surface area (Å²) in [6.07, 6.45) is 2.17. The molecule has 1 aromatic carbocycles. The maximum absolute atomic E-state index is 5.79. The van der Waals surface area contributed by atoms with Crippen LogP contribution in [0, 0.1) is 5.92 Å². The maximum atomic E-state index is 5.79. The topological polar surface area (TPSA) is 38.5 Å². The summed E-state index contributed by atoms with van der Waals surface area (Å²) < 4.78 is 5.14. The van der Waals surface area contributed by atoms with E-state index in [0.717, 1.165) is 26.1 Å². The molecule has 0 saturated carbocycles. The fourth-order valence-corrected chi connectivity index (χ4v) is 2.84. The number of likely N-dealkylation sites (tertiary alicyclic amines) is 1. The Hall–Kier alpha value is -0.900. The molecule has 3 heteroatoms. The van der Waals surface area contributed by atoms with Gasteiger partial charge >= 0.3 is 0 Å². The Balaban J connectivity index is 2.08. The van der Waals surface area contributed by atoms with Gasteiger partial charge in [0.15, 0.2) is 0 Å². The quantitative estimate of drug-likeness (QED) is 0.864. The molecule has 2 N–H and O–H groups in total. The van der Waals surface area contributed by atoms with E-state index in [2.05, 4.69) is 36.2 Å². The lowest BCUT2D eigenvalue weighted by atomic mass is 9.98. The van der Waals surface area contributed by atoms with E-state index in [9.17, 15) is 0 Å². The van der Waals surface area contributed by atoms with Crippen LogP contribution in [0.1, 0.15) is 23.6 Å². The Kier molecular flexibility index (Phi) is 4.75. The Morgan fingerprint density at radius 1 is 1.44 bits per heavy atom. The summed E-state index contributed by atoms with van der Waals surface area (Å²) in [5.74, 6) is 0.641. The van der Waals surface area contributed by atoms with Crippen molar-refractivity contribution in [2.75, 3.05) is 33.9 Å². The van der Waals surface area contributed by atoms with Gasteiger partial charge in [0.05, 0.1) is 6.61 Å². The van der Waals surface area contributed by atoms with Crippen LogP contribution < -0.4 is 5.73 Å². The Morgan fingerprint density at radius 2 is 2.28 bits per heavy atom. The highest BCUT2D eigenvalue weighted by Crippen LogP contribution is 2.33. The number of rotatable bonds is 5. The minimum Gasteiger partial charge on any atom is -0.384 e. The van der Waals surface area contributed by atoms with Gasteiger partial charge in [0.25, 0.3) is 0 Å². The summed E-state index contributed by atoms with van der Waals surface area (Å²) in [4.78, 5) is 2.42. The van der Waals surface area contributed by atoms with Crippen molar-refractivity contribution >= 4 is 0 Å². The van der Waals surface area contributed by atoms with E-state index in [1.165, 1.54) is 17.5 Å². The molecular weight excluding hydrogens is 224 g/mol. The lowest BCUT2D eigenvalue weighted by molar-refractivity contribution is 0.202. The normalized spacial score (nSPS) is 24.6. The number of nitrogens with two attached hydrogens (primary N) is 1. The fraction of sp³-hybridized carbons (Fsp3) is 0.600. The Labute approximate surface area is 110 Å². The molecule has 0 spiro atoms. The van der Waals surface area contributed by atoms with E-state index in [-0.39, 0.29) is 0 Å². The van der Waals surface area contributed by atoms with Gasteiger partial charge in [0, 0.05) is 19.7 Å². The molecule has 1 fully saturated rings. The van der Waals surface area contributed by atoms with Gasteiger partial charge in [-0.2, -0.15) is 0 Å². The third kappa shape index (κ3) is 3.10. The second-order valence-electron chi connectivity index (χ2n) is 5.28. The maximum Gasteiger partial charge on any atom is 0.0502 e. The number of ether oxygens (including phenoxy) is 1. The summed E-state index contributed by atoms with van der Waals surface area (Å²) in [6.45, 7) is 2.70. The standard InChI is InChI=1S/C15H24N2O/c1-17-11-13(10-16)9-15(17)14-5-3-4-12(8-14)6-7-18-2/h3-5,8,13,15H,6-7,9-11,16H2,1-2H3. The zero-order valence-electron chi connectivity index (χ0n) is 11.4. The predicted octanol–water partition coefficient (Wildman–Crippen LogP) is 1.83. The van der Waals surface area contributed by atoms with Gasteiger partial charge in [-0.25, -0.2) is 0 Å². The third-order valence-corrected chi connectivity index (χ3v) is 3.90. The van der Waals surface area contributed by atoms with E-state index < -0.39 is 0 Å². The molecule has 0 aromatic heterocycles. The minimum atomic E-state index is 0.529. The van der Waals surface area contributed by atoms with Gasteiger partial charge in [-0.15, -0.1) is 0 Å². The highest BCUT2D eigenvalue weighted by atomic mass is 16.5. The van der Waals surface area contributed by atoms with Crippen molar-refractivity contribution in [2.45, 2.75) is 18.9 Å². The van der Waals surface area contributed by atoms with Crippen LogP contribution in [-0.2, 0) is 11.2 Å². The summed E-state index contributed by atoms with van der Waals surface area (Å²) >= 11 is 0. The van der Waals surface area contributed by atoms with Crippen LogP contribution in [0.2, 0.25) is 0 Å². The molecule has 1 aliphatic heterocycles. The number of nitrogens with zero attached hydrogens (tertiary/aromatic N) is 1. The first-order chi connectivity index (χ1) is 8.74. The molecule has 2 atom stereocenters. The number of hydrogen-bond acceptors (Lipinski definition) is 3. The molecule has 1 aliphatic rings. The van der Waals surface area contributed by atoms with E-state index in [0.29, 0.717) is 12.0 Å². The van der Waals surface area contributed by atoms with Crippen LogP contribution in [0.15, 0.2) is 24.3 Å². The lowest BCUT2D eigenvalue weighted by Crippen LogP contribution is -2.20. The molecule has 18 heavy (non-hydrogen) atoms. The minimum absolute atomic E-state index is 0.529. The third-order valence-electron chi connectivity index (χ3n) is 3.90. The molecule has 0 amide bonds. The SMILES string of the molecule is COCCc1cccc(C2CC(CN)CN2C)c1. The average molecular weight is 248 g/mol. The van der Waals surface area contributed by atoms with E-state index >= 15 is 0 Å². The fourth-order valence-electron chi connectivity index (χ4n) is 2.84. The highest BCUT2D eigenvalue weighted by molar-refractivity contribution is 5.27. The van der Waals surface area contributed by atoms with Crippen molar-refractivity contribution in [3.8, 4) is 0 Å². The first kappa shape index (κ1) is 13.5. The number of methoxy groups -OCH3 is 1. The van der Waals surface area contributed by atoms with Gasteiger partial charge in [0.1, 0.15) is 0 Å². The second kappa shape index (κ2) is 6.32. The van der Waals surface area contributed by atoms with E-state index in [1.54, 1.807) is 7.11 Å². The Morgan fingerprint density at radius 3 is 2.94 bits per heavy atom. The second-order valence-corrected chi connectivity index (χ2v) is 5.28.